The number of aromatic nitrogens is 1. The molecule has 3 aliphatic rings. The number of ether oxygens (including phenoxy) is 1. The number of nitrogens with zero attached hydrogens (tertiary/aromatic N) is 3. The minimum atomic E-state index is -0.554. The molecule has 6 rings (SSSR count). The Morgan fingerprint density at radius 1 is 1.00 bits per heavy atom. The van der Waals surface area contributed by atoms with Gasteiger partial charge >= 0.3 is 191 Å². The van der Waals surface area contributed by atoms with Crippen LogP contribution >= 0.6 is 0 Å². The molecule has 32 heavy (non-hydrogen) atoms. The van der Waals surface area contributed by atoms with Crippen molar-refractivity contribution in [1.29, 1.82) is 0 Å². The van der Waals surface area contributed by atoms with Gasteiger partial charge in [0.15, 0.2) is 0 Å². The van der Waals surface area contributed by atoms with Gasteiger partial charge in [-0.25, -0.2) is 0 Å². The first-order chi connectivity index (χ1) is 15.6. The summed E-state index contributed by atoms with van der Waals surface area (Å²) < 4.78 is 8.80. The van der Waals surface area contributed by atoms with Crippen LogP contribution in [0.5, 0.6) is 5.75 Å². The summed E-state index contributed by atoms with van der Waals surface area (Å²) in [6, 6.07) is 18.0. The molecule has 1 N–H and O–H groups in total. The van der Waals surface area contributed by atoms with Crippen molar-refractivity contribution in [3.63, 3.8) is 0 Å². The molecular formula is C24H21N3O4Se. The average molecular weight is 494 g/mol. The number of carbonyl (C=O) groups is 1. The average Bonchev–Trinajstić information content (AvgIpc) is 2.99. The first-order valence-corrected chi connectivity index (χ1v) is 12.6. The summed E-state index contributed by atoms with van der Waals surface area (Å²) >= 11 is 0.268. The van der Waals surface area contributed by atoms with Crippen LogP contribution in [-0.4, -0.2) is 61.5 Å². The number of fused-ring (bicyclic) bond motifs is 4. The predicted molar refractivity (Wildman–Crippen MR) is 120 cm³/mol. The van der Waals surface area contributed by atoms with Gasteiger partial charge in [-0.05, 0) is 0 Å². The van der Waals surface area contributed by atoms with Crippen molar-refractivity contribution in [2.45, 2.75) is 17.5 Å². The van der Waals surface area contributed by atoms with Gasteiger partial charge in [-0.15, -0.1) is 0 Å². The van der Waals surface area contributed by atoms with Crippen LogP contribution < -0.4 is 14.9 Å². The van der Waals surface area contributed by atoms with Crippen molar-refractivity contribution >= 4 is 25.3 Å². The van der Waals surface area contributed by atoms with E-state index in [4.69, 9.17) is 4.74 Å². The van der Waals surface area contributed by atoms with Crippen LogP contribution in [0.2, 0.25) is 0 Å². The monoisotopic (exact) mass is 495 g/mol. The Hall–Kier alpha value is -3.06. The Morgan fingerprint density at radius 2 is 1.78 bits per heavy atom. The van der Waals surface area contributed by atoms with Gasteiger partial charge in [0, 0.05) is 0 Å². The number of carbonyl (C=O) groups excluding carboxylic acids is 1. The van der Waals surface area contributed by atoms with E-state index in [2.05, 4.69) is 41.4 Å². The van der Waals surface area contributed by atoms with Crippen molar-refractivity contribution in [2.24, 2.45) is 0 Å². The van der Waals surface area contributed by atoms with E-state index in [1.807, 2.05) is 12.1 Å². The summed E-state index contributed by atoms with van der Waals surface area (Å²) in [5.74, 6) is -0.851. The van der Waals surface area contributed by atoms with Gasteiger partial charge in [-0.1, -0.05) is 0 Å². The molecule has 1 aromatic heterocycles. The van der Waals surface area contributed by atoms with Crippen molar-refractivity contribution in [3.8, 4) is 5.75 Å². The molecule has 4 heterocycles. The third-order valence-electron chi connectivity index (χ3n) is 6.39. The molecule has 2 aromatic carbocycles. The number of amides is 1. The molecular weight excluding hydrogens is 473 g/mol. The molecule has 0 aliphatic carbocycles. The number of pyridine rings is 1. The van der Waals surface area contributed by atoms with Crippen molar-refractivity contribution in [1.82, 2.24) is 9.58 Å². The third-order valence-corrected chi connectivity index (χ3v) is 8.77. The Labute approximate surface area is 191 Å². The Balaban J connectivity index is 1.66. The van der Waals surface area contributed by atoms with Crippen LogP contribution in [0.4, 0.5) is 0 Å². The molecule has 7 nitrogen and oxygen atoms in total. The maximum absolute atomic E-state index is 13.3. The van der Waals surface area contributed by atoms with Gasteiger partial charge in [0.1, 0.15) is 0 Å². The number of hydrogen-bond acceptors (Lipinski definition) is 5. The third kappa shape index (κ3) is 2.84. The molecule has 3 aromatic rings. The fourth-order valence-electron chi connectivity index (χ4n) is 4.91. The Kier molecular flexibility index (Phi) is 4.61. The summed E-state index contributed by atoms with van der Waals surface area (Å²) in [4.78, 5) is 27.3. The molecule has 162 valence electrons. The van der Waals surface area contributed by atoms with E-state index in [0.717, 1.165) is 5.32 Å². The number of benzene rings is 2. The molecule has 1 fully saturated rings. The van der Waals surface area contributed by atoms with Crippen molar-refractivity contribution in [3.05, 3.63) is 93.4 Å². The maximum atomic E-state index is 13.3. The van der Waals surface area contributed by atoms with Gasteiger partial charge in [-0.2, -0.15) is 0 Å². The Morgan fingerprint density at radius 3 is 2.66 bits per heavy atom. The predicted octanol–water partition coefficient (Wildman–Crippen LogP) is 0.937. The summed E-state index contributed by atoms with van der Waals surface area (Å²) in [6.07, 6.45) is 1.24. The molecule has 8 heteroatoms. The van der Waals surface area contributed by atoms with E-state index in [1.54, 1.807) is 15.8 Å². The van der Waals surface area contributed by atoms with E-state index in [9.17, 15) is 14.7 Å². The van der Waals surface area contributed by atoms with Gasteiger partial charge in [0.2, 0.25) is 0 Å². The SMILES string of the molecule is O=C1c2c(O)c(=O)ccn2N([C@H]2c3ccccc3C[Se]c3ccccc32)[C@@H]2COCCN12. The fourth-order valence-corrected chi connectivity index (χ4v) is 7.21. The molecule has 1 saturated heterocycles. The molecule has 1 amide bonds. The van der Waals surface area contributed by atoms with Crippen LogP contribution in [0.15, 0.2) is 65.6 Å². The zero-order valence-corrected chi connectivity index (χ0v) is 18.9. The van der Waals surface area contributed by atoms with E-state index in [0.29, 0.717) is 19.8 Å². The van der Waals surface area contributed by atoms with Gasteiger partial charge < -0.3 is 0 Å². The quantitative estimate of drug-likeness (QED) is 0.510. The molecule has 0 unspecified atom stereocenters. The van der Waals surface area contributed by atoms with Crippen LogP contribution in [0, 0.1) is 0 Å². The molecule has 3 aliphatic heterocycles. The molecule has 2 atom stereocenters. The summed E-state index contributed by atoms with van der Waals surface area (Å²) in [7, 11) is 0. The van der Waals surface area contributed by atoms with Gasteiger partial charge in [-0.3, -0.25) is 0 Å². The molecule has 0 bridgehead atoms. The minimum absolute atomic E-state index is 0.0142. The number of hydrogen-bond donors (Lipinski definition) is 1. The first kappa shape index (κ1) is 19.6. The van der Waals surface area contributed by atoms with E-state index in [-0.39, 0.29) is 38.8 Å². The number of aromatic hydroxyl groups is 1. The van der Waals surface area contributed by atoms with Crippen LogP contribution in [0.1, 0.15) is 33.2 Å². The van der Waals surface area contributed by atoms with E-state index in [1.165, 1.54) is 27.2 Å². The molecule has 0 saturated carbocycles. The van der Waals surface area contributed by atoms with Crippen molar-refractivity contribution in [2.75, 3.05) is 24.8 Å². The van der Waals surface area contributed by atoms with E-state index < -0.39 is 11.2 Å². The number of rotatable bonds is 1. The topological polar surface area (TPSA) is 75.0 Å². The summed E-state index contributed by atoms with van der Waals surface area (Å²) in [6.45, 7) is 1.18. The number of morpholine rings is 1. The van der Waals surface area contributed by atoms with Crippen LogP contribution in [0.3, 0.4) is 0 Å². The van der Waals surface area contributed by atoms with Gasteiger partial charge in [0.25, 0.3) is 0 Å². The van der Waals surface area contributed by atoms with Crippen LogP contribution in [0.25, 0.3) is 0 Å². The second-order valence-corrected chi connectivity index (χ2v) is 10.2. The summed E-state index contributed by atoms with van der Waals surface area (Å²) in [5, 5.41) is 13.7. The standard InChI is InChI=1S/C24H21N3O4Se/c28-18-9-10-26-22(23(18)29)24(30)25-11-12-31-13-20(25)27(26)21-16-6-2-1-5-15(16)14-32-19-8-4-3-7-17(19)21/h1-10,20-21,29H,11-14H2/t20-,21+/m1/s1. The second kappa shape index (κ2) is 7.52. The summed E-state index contributed by atoms with van der Waals surface area (Å²) in [5.41, 5.74) is 3.09. The van der Waals surface area contributed by atoms with Gasteiger partial charge in [0.05, 0.1) is 0 Å². The van der Waals surface area contributed by atoms with E-state index >= 15 is 0 Å². The molecule has 0 radical (unpaired) electrons. The zero-order valence-electron chi connectivity index (χ0n) is 17.2. The van der Waals surface area contributed by atoms with Crippen molar-refractivity contribution < 1.29 is 14.6 Å². The second-order valence-electron chi connectivity index (χ2n) is 8.08. The zero-order chi connectivity index (χ0) is 21.8. The molecule has 0 spiro atoms. The van der Waals surface area contributed by atoms with Crippen LogP contribution in [-0.2, 0) is 10.1 Å². The first-order valence-electron chi connectivity index (χ1n) is 10.6. The normalized spacial score (nSPS) is 21.8. The Bertz CT molecular complexity index is 1240. The fraction of sp³-hybridized carbons (Fsp3) is 0.250.